The van der Waals surface area contributed by atoms with Gasteiger partial charge in [0.25, 0.3) is 5.91 Å². The largest absolute Gasteiger partial charge is 0.492 e. The molecule has 0 aliphatic heterocycles. The van der Waals surface area contributed by atoms with Crippen LogP contribution in [0.1, 0.15) is 24.2 Å². The van der Waals surface area contributed by atoms with Gasteiger partial charge in [-0.05, 0) is 41.9 Å². The number of rotatable bonds is 6. The van der Waals surface area contributed by atoms with Crippen LogP contribution >= 0.6 is 15.9 Å². The van der Waals surface area contributed by atoms with Crippen molar-refractivity contribution in [3.63, 3.8) is 0 Å². The molecule has 1 rings (SSSR count). The summed E-state index contributed by atoms with van der Waals surface area (Å²) in [5, 5.41) is 1.83. The lowest BCUT2D eigenvalue weighted by atomic mass is 10.2. The van der Waals surface area contributed by atoms with Gasteiger partial charge < -0.3 is 19.9 Å². The maximum atomic E-state index is 12.1. The molecule has 0 saturated heterocycles. The second-order valence-corrected chi connectivity index (χ2v) is 5.18. The summed E-state index contributed by atoms with van der Waals surface area (Å²) in [6.07, 6.45) is -1.19. The molecule has 126 valence electrons. The fourth-order valence-corrected chi connectivity index (χ4v) is 2.26. The van der Waals surface area contributed by atoms with Crippen molar-refractivity contribution in [3.05, 3.63) is 22.2 Å². The molecule has 0 aliphatic carbocycles. The summed E-state index contributed by atoms with van der Waals surface area (Å²) >= 11 is 3.27. The van der Waals surface area contributed by atoms with E-state index in [0.717, 1.165) is 0 Å². The number of esters is 1. The third kappa shape index (κ3) is 5.13. The van der Waals surface area contributed by atoms with Crippen LogP contribution in [-0.4, -0.2) is 37.7 Å². The van der Waals surface area contributed by atoms with Crippen molar-refractivity contribution in [1.82, 2.24) is 5.32 Å². The van der Waals surface area contributed by atoms with Gasteiger partial charge in [0, 0.05) is 0 Å². The highest BCUT2D eigenvalue weighted by atomic mass is 79.9. The summed E-state index contributed by atoms with van der Waals surface area (Å²) in [6.45, 7) is 3.48. The van der Waals surface area contributed by atoms with Crippen molar-refractivity contribution >= 4 is 33.8 Å². The minimum absolute atomic E-state index is 0.153. The van der Waals surface area contributed by atoms with Gasteiger partial charge >= 0.3 is 12.0 Å². The highest BCUT2D eigenvalue weighted by molar-refractivity contribution is 9.10. The summed E-state index contributed by atoms with van der Waals surface area (Å²) in [7, 11) is 1.47. The molecule has 3 N–H and O–H groups in total. The smallest absolute Gasteiger partial charge is 0.339 e. The Hall–Kier alpha value is -2.29. The number of carbonyl (C=O) groups is 3. The average molecular weight is 389 g/mol. The average Bonchev–Trinajstić information content (AvgIpc) is 2.46. The van der Waals surface area contributed by atoms with Crippen molar-refractivity contribution in [3.8, 4) is 11.5 Å². The number of ether oxygens (including phenoxy) is 3. The highest BCUT2D eigenvalue weighted by Crippen LogP contribution is 2.36. The highest BCUT2D eigenvalue weighted by Gasteiger charge is 2.22. The summed E-state index contributed by atoms with van der Waals surface area (Å²) in [5.74, 6) is -0.793. The van der Waals surface area contributed by atoms with Crippen molar-refractivity contribution in [2.75, 3.05) is 13.7 Å². The lowest BCUT2D eigenvalue weighted by Crippen LogP contribution is -2.42. The standard InChI is InChI=1S/C14H17BrN2O6/c1-4-22-10-6-8(5-9(15)11(10)21-3)13(19)23-7(2)12(18)17-14(16)20/h5-7H,4H2,1-3H3,(H3,16,17,18,20)/t7-/m0/s1. The number of benzene rings is 1. The first-order valence-electron chi connectivity index (χ1n) is 6.61. The van der Waals surface area contributed by atoms with Crippen LogP contribution in [0.2, 0.25) is 0 Å². The van der Waals surface area contributed by atoms with Crippen LogP contribution in [0.15, 0.2) is 16.6 Å². The van der Waals surface area contributed by atoms with Gasteiger partial charge in [-0.1, -0.05) is 0 Å². The van der Waals surface area contributed by atoms with E-state index in [0.29, 0.717) is 22.6 Å². The Labute approximate surface area is 141 Å². The Morgan fingerprint density at radius 2 is 2.00 bits per heavy atom. The van der Waals surface area contributed by atoms with Crippen molar-refractivity contribution < 1.29 is 28.6 Å². The van der Waals surface area contributed by atoms with Crippen LogP contribution in [0.25, 0.3) is 0 Å². The predicted molar refractivity (Wildman–Crippen MR) is 84.5 cm³/mol. The molecule has 0 saturated carbocycles. The normalized spacial score (nSPS) is 11.3. The molecule has 0 aliphatic rings. The van der Waals surface area contributed by atoms with Crippen LogP contribution in [0, 0.1) is 0 Å². The van der Waals surface area contributed by atoms with Crippen molar-refractivity contribution in [2.45, 2.75) is 20.0 Å². The first-order chi connectivity index (χ1) is 10.8. The van der Waals surface area contributed by atoms with E-state index < -0.39 is 24.0 Å². The topological polar surface area (TPSA) is 117 Å². The second-order valence-electron chi connectivity index (χ2n) is 4.32. The van der Waals surface area contributed by atoms with E-state index in [1.807, 2.05) is 5.32 Å². The molecule has 1 aromatic carbocycles. The number of urea groups is 1. The molecule has 0 aromatic heterocycles. The van der Waals surface area contributed by atoms with Crippen LogP contribution in [-0.2, 0) is 9.53 Å². The van der Waals surface area contributed by atoms with Gasteiger partial charge in [-0.25, -0.2) is 9.59 Å². The Bertz CT molecular complexity index is 620. The molecule has 0 unspecified atom stereocenters. The quantitative estimate of drug-likeness (QED) is 0.714. The number of nitrogens with two attached hydrogens (primary N) is 1. The van der Waals surface area contributed by atoms with Gasteiger partial charge in [0.15, 0.2) is 17.6 Å². The number of halogens is 1. The molecule has 9 heteroatoms. The zero-order chi connectivity index (χ0) is 17.6. The van der Waals surface area contributed by atoms with Gasteiger partial charge in [-0.3, -0.25) is 10.1 Å². The Balaban J connectivity index is 2.95. The molecule has 1 aromatic rings. The Morgan fingerprint density at radius 1 is 1.35 bits per heavy atom. The lowest BCUT2D eigenvalue weighted by molar-refractivity contribution is -0.127. The molecule has 3 amide bonds. The monoisotopic (exact) mass is 388 g/mol. The summed E-state index contributed by atoms with van der Waals surface area (Å²) in [5.41, 5.74) is 4.98. The zero-order valence-electron chi connectivity index (χ0n) is 12.8. The molecule has 0 heterocycles. The fourth-order valence-electron chi connectivity index (χ4n) is 1.65. The number of nitrogens with one attached hydrogen (secondary N) is 1. The number of methoxy groups -OCH3 is 1. The van der Waals surface area contributed by atoms with E-state index in [9.17, 15) is 14.4 Å². The van der Waals surface area contributed by atoms with E-state index in [1.54, 1.807) is 6.92 Å². The van der Waals surface area contributed by atoms with Crippen LogP contribution < -0.4 is 20.5 Å². The van der Waals surface area contributed by atoms with Crippen molar-refractivity contribution in [2.24, 2.45) is 5.73 Å². The van der Waals surface area contributed by atoms with E-state index >= 15 is 0 Å². The number of carbonyl (C=O) groups excluding carboxylic acids is 3. The van der Waals surface area contributed by atoms with Crippen molar-refractivity contribution in [1.29, 1.82) is 0 Å². The van der Waals surface area contributed by atoms with Gasteiger partial charge in [0.05, 0.1) is 23.8 Å². The summed E-state index contributed by atoms with van der Waals surface area (Å²) < 4.78 is 16.1. The Morgan fingerprint density at radius 3 is 2.52 bits per heavy atom. The summed E-state index contributed by atoms with van der Waals surface area (Å²) in [4.78, 5) is 34.2. The number of hydrogen-bond donors (Lipinski definition) is 2. The fraction of sp³-hybridized carbons (Fsp3) is 0.357. The van der Waals surface area contributed by atoms with Gasteiger partial charge in [0.2, 0.25) is 0 Å². The van der Waals surface area contributed by atoms with Crippen LogP contribution in [0.5, 0.6) is 11.5 Å². The predicted octanol–water partition coefficient (Wildman–Crippen LogP) is 1.60. The molecule has 0 spiro atoms. The number of imide groups is 1. The first kappa shape index (κ1) is 18.8. The third-order valence-corrected chi connectivity index (χ3v) is 3.24. The van der Waals surface area contributed by atoms with Gasteiger partial charge in [-0.2, -0.15) is 0 Å². The molecule has 0 bridgehead atoms. The maximum Gasteiger partial charge on any atom is 0.339 e. The molecule has 8 nitrogen and oxygen atoms in total. The molecular weight excluding hydrogens is 372 g/mol. The van der Waals surface area contributed by atoms with Crippen LogP contribution in [0.3, 0.4) is 0 Å². The maximum absolute atomic E-state index is 12.1. The SMILES string of the molecule is CCOc1cc(C(=O)O[C@@H](C)C(=O)NC(N)=O)cc(Br)c1OC. The number of amides is 3. The zero-order valence-corrected chi connectivity index (χ0v) is 14.4. The second kappa shape index (κ2) is 8.37. The lowest BCUT2D eigenvalue weighted by Gasteiger charge is -2.15. The van der Waals surface area contributed by atoms with Gasteiger partial charge in [-0.15, -0.1) is 0 Å². The minimum atomic E-state index is -1.19. The molecule has 0 fully saturated rings. The van der Waals surface area contributed by atoms with E-state index in [1.165, 1.54) is 26.2 Å². The van der Waals surface area contributed by atoms with E-state index in [4.69, 9.17) is 19.9 Å². The minimum Gasteiger partial charge on any atom is -0.492 e. The first-order valence-corrected chi connectivity index (χ1v) is 7.41. The Kier molecular flexibility index (Phi) is 6.83. The molecule has 23 heavy (non-hydrogen) atoms. The van der Waals surface area contributed by atoms with E-state index in [-0.39, 0.29) is 5.56 Å². The summed E-state index contributed by atoms with van der Waals surface area (Å²) in [6, 6.07) is 1.89. The van der Waals surface area contributed by atoms with Crippen LogP contribution in [0.4, 0.5) is 4.79 Å². The number of primary amides is 1. The molecule has 1 atom stereocenters. The van der Waals surface area contributed by atoms with E-state index in [2.05, 4.69) is 15.9 Å². The third-order valence-electron chi connectivity index (χ3n) is 2.65. The molecular formula is C14H17BrN2O6. The number of hydrogen-bond acceptors (Lipinski definition) is 6. The van der Waals surface area contributed by atoms with Gasteiger partial charge in [0.1, 0.15) is 0 Å². The molecule has 0 radical (unpaired) electrons.